The van der Waals surface area contributed by atoms with Crippen LogP contribution in [-0.2, 0) is 9.53 Å². The molecule has 2 aliphatic rings. The van der Waals surface area contributed by atoms with Crippen LogP contribution in [0.15, 0.2) is 63.8 Å². The van der Waals surface area contributed by atoms with E-state index < -0.39 is 5.63 Å². The van der Waals surface area contributed by atoms with Gasteiger partial charge in [0.15, 0.2) is 6.61 Å². The molecule has 3 heterocycles. The topological polar surface area (TPSA) is 72.2 Å². The smallest absolute Gasteiger partial charge is 0.336 e. The zero-order valence-corrected chi connectivity index (χ0v) is 21.6. The van der Waals surface area contributed by atoms with E-state index >= 15 is 0 Å². The molecular formula is C30H36N2O5. The van der Waals surface area contributed by atoms with Gasteiger partial charge < -0.3 is 23.7 Å². The molecule has 2 unspecified atom stereocenters. The predicted molar refractivity (Wildman–Crippen MR) is 144 cm³/mol. The summed E-state index contributed by atoms with van der Waals surface area (Å²) in [5, 5.41) is 0.820. The van der Waals surface area contributed by atoms with Crippen LogP contribution in [0.25, 0.3) is 22.1 Å². The van der Waals surface area contributed by atoms with Gasteiger partial charge in [0.1, 0.15) is 11.3 Å². The average molecular weight is 505 g/mol. The van der Waals surface area contributed by atoms with Crippen molar-refractivity contribution in [1.82, 2.24) is 9.80 Å². The molecule has 7 heteroatoms. The van der Waals surface area contributed by atoms with E-state index in [9.17, 15) is 9.59 Å². The van der Waals surface area contributed by atoms with Crippen molar-refractivity contribution >= 4 is 16.9 Å². The lowest BCUT2D eigenvalue weighted by Gasteiger charge is -2.45. The molecule has 2 aliphatic heterocycles. The second kappa shape index (κ2) is 11.9. The average Bonchev–Trinajstić information content (AvgIpc) is 2.93. The van der Waals surface area contributed by atoms with Crippen LogP contribution in [-0.4, -0.2) is 68.3 Å². The highest BCUT2D eigenvalue weighted by Crippen LogP contribution is 2.32. The van der Waals surface area contributed by atoms with E-state index in [4.69, 9.17) is 13.9 Å². The van der Waals surface area contributed by atoms with Crippen molar-refractivity contribution in [1.29, 1.82) is 0 Å². The van der Waals surface area contributed by atoms with E-state index in [1.165, 1.54) is 44.8 Å². The maximum atomic E-state index is 13.3. The van der Waals surface area contributed by atoms with E-state index in [0.717, 1.165) is 29.5 Å². The van der Waals surface area contributed by atoms with Crippen molar-refractivity contribution in [2.45, 2.75) is 38.1 Å². The molecule has 37 heavy (non-hydrogen) atoms. The molecule has 0 bridgehead atoms. The van der Waals surface area contributed by atoms with Crippen LogP contribution in [0, 0.1) is 5.92 Å². The fourth-order valence-corrected chi connectivity index (χ4v) is 5.92. The third-order valence-electron chi connectivity index (χ3n) is 7.76. The van der Waals surface area contributed by atoms with Gasteiger partial charge in [-0.3, -0.25) is 4.79 Å². The van der Waals surface area contributed by atoms with Gasteiger partial charge >= 0.3 is 5.63 Å². The Hall–Kier alpha value is -3.16. The van der Waals surface area contributed by atoms with Crippen LogP contribution >= 0.6 is 0 Å². The summed E-state index contributed by atoms with van der Waals surface area (Å²) >= 11 is 0. The number of rotatable bonds is 9. The molecule has 1 amide bonds. The van der Waals surface area contributed by atoms with E-state index in [2.05, 4.69) is 4.90 Å². The summed E-state index contributed by atoms with van der Waals surface area (Å²) in [5.41, 5.74) is 1.77. The number of ether oxygens (including phenoxy) is 2. The first kappa shape index (κ1) is 25.5. The van der Waals surface area contributed by atoms with Crippen LogP contribution in [0.4, 0.5) is 0 Å². The van der Waals surface area contributed by atoms with Crippen molar-refractivity contribution in [3.8, 4) is 16.9 Å². The molecule has 2 aromatic carbocycles. The Morgan fingerprint density at radius 1 is 1.05 bits per heavy atom. The monoisotopic (exact) mass is 504 g/mol. The largest absolute Gasteiger partial charge is 0.484 e. The van der Waals surface area contributed by atoms with Crippen molar-refractivity contribution in [3.63, 3.8) is 0 Å². The highest BCUT2D eigenvalue weighted by molar-refractivity contribution is 5.93. The Kier molecular flexibility index (Phi) is 8.21. The van der Waals surface area contributed by atoms with Crippen molar-refractivity contribution in [2.24, 2.45) is 5.92 Å². The Balaban J connectivity index is 1.28. The standard InChI is InChI=1S/C30H36N2O5/c1-35-17-16-32(20-23-10-7-15-31-14-6-5-11-27(23)31)29(33)21-36-24-12-13-25-26(22-8-3-2-4-9-22)19-30(34)37-28(25)18-24/h2-4,8-9,12-13,18-19,23,27H,5-7,10-11,14-17,20-21H2,1H3. The molecule has 2 atom stereocenters. The molecule has 0 N–H and O–H groups in total. The molecule has 0 aliphatic carbocycles. The van der Waals surface area contributed by atoms with Crippen molar-refractivity contribution in [2.75, 3.05) is 46.5 Å². The molecule has 0 saturated carbocycles. The van der Waals surface area contributed by atoms with Gasteiger partial charge in [0.05, 0.1) is 6.61 Å². The quantitative estimate of drug-likeness (QED) is 0.397. The molecule has 1 aromatic heterocycles. The normalized spacial score (nSPS) is 19.9. The number of fused-ring (bicyclic) bond motifs is 2. The zero-order valence-electron chi connectivity index (χ0n) is 21.6. The molecule has 3 aromatic rings. The van der Waals surface area contributed by atoms with Gasteiger partial charge in [-0.25, -0.2) is 4.79 Å². The number of hydrogen-bond acceptors (Lipinski definition) is 6. The minimum absolute atomic E-state index is 0.0513. The number of amides is 1. The van der Waals surface area contributed by atoms with Crippen LogP contribution < -0.4 is 10.4 Å². The highest BCUT2D eigenvalue weighted by atomic mass is 16.5. The van der Waals surface area contributed by atoms with Gasteiger partial charge in [-0.15, -0.1) is 0 Å². The molecule has 196 valence electrons. The Labute approximate surface area is 218 Å². The van der Waals surface area contributed by atoms with Crippen molar-refractivity contribution < 1.29 is 18.7 Å². The fraction of sp³-hybridized carbons (Fsp3) is 0.467. The Morgan fingerprint density at radius 3 is 2.73 bits per heavy atom. The van der Waals surface area contributed by atoms with Crippen LogP contribution in [0.3, 0.4) is 0 Å². The molecule has 5 rings (SSSR count). The SMILES string of the molecule is COCCN(CC1CCCN2CCCCC12)C(=O)COc1ccc2c(-c3ccccc3)cc(=O)oc2c1. The number of hydrogen-bond donors (Lipinski definition) is 0. The molecule has 2 fully saturated rings. The van der Waals surface area contributed by atoms with E-state index in [1.807, 2.05) is 47.4 Å². The zero-order chi connectivity index (χ0) is 25.6. The Bertz CT molecular complexity index is 1260. The number of carbonyl (C=O) groups is 1. The summed E-state index contributed by atoms with van der Waals surface area (Å²) in [7, 11) is 1.66. The summed E-state index contributed by atoms with van der Waals surface area (Å²) in [6.07, 6.45) is 6.13. The maximum absolute atomic E-state index is 13.3. The molecule has 2 saturated heterocycles. The van der Waals surface area contributed by atoms with E-state index in [1.54, 1.807) is 13.2 Å². The lowest BCUT2D eigenvalue weighted by Crippen LogP contribution is -2.52. The number of nitrogens with zero attached hydrogens (tertiary/aromatic N) is 2. The van der Waals surface area contributed by atoms with Gasteiger partial charge in [-0.2, -0.15) is 0 Å². The van der Waals surface area contributed by atoms with Crippen molar-refractivity contribution in [3.05, 3.63) is 65.0 Å². The second-order valence-electron chi connectivity index (χ2n) is 10.1. The fourth-order valence-electron chi connectivity index (χ4n) is 5.92. The summed E-state index contributed by atoms with van der Waals surface area (Å²) in [6, 6.07) is 17.2. The summed E-state index contributed by atoms with van der Waals surface area (Å²) in [5.74, 6) is 0.933. The molecule has 0 spiro atoms. The number of benzene rings is 2. The number of methoxy groups -OCH3 is 1. The van der Waals surface area contributed by atoms with Crippen LogP contribution in [0.5, 0.6) is 5.75 Å². The minimum atomic E-state index is -0.422. The van der Waals surface area contributed by atoms with Crippen LogP contribution in [0.2, 0.25) is 0 Å². The van der Waals surface area contributed by atoms with E-state index in [0.29, 0.717) is 36.4 Å². The summed E-state index contributed by atoms with van der Waals surface area (Å²) in [6.45, 7) is 4.07. The molecule has 7 nitrogen and oxygen atoms in total. The minimum Gasteiger partial charge on any atom is -0.484 e. The van der Waals surface area contributed by atoms with Gasteiger partial charge in [0.2, 0.25) is 0 Å². The first-order valence-electron chi connectivity index (χ1n) is 13.4. The maximum Gasteiger partial charge on any atom is 0.336 e. The molecule has 0 radical (unpaired) electrons. The summed E-state index contributed by atoms with van der Waals surface area (Å²) < 4.78 is 16.7. The third-order valence-corrected chi connectivity index (χ3v) is 7.76. The van der Waals surface area contributed by atoms with Gasteiger partial charge in [0, 0.05) is 43.8 Å². The third kappa shape index (κ3) is 6.05. The number of piperidine rings is 2. The van der Waals surface area contributed by atoms with E-state index in [-0.39, 0.29) is 12.5 Å². The first-order chi connectivity index (χ1) is 18.1. The molecular weight excluding hydrogens is 468 g/mol. The van der Waals surface area contributed by atoms with Gasteiger partial charge in [0.25, 0.3) is 5.91 Å². The second-order valence-corrected chi connectivity index (χ2v) is 10.1. The Morgan fingerprint density at radius 2 is 1.89 bits per heavy atom. The van der Waals surface area contributed by atoms with Crippen LogP contribution in [0.1, 0.15) is 32.1 Å². The lowest BCUT2D eigenvalue weighted by atomic mass is 9.83. The highest BCUT2D eigenvalue weighted by Gasteiger charge is 2.34. The number of carbonyl (C=O) groups excluding carboxylic acids is 1. The lowest BCUT2D eigenvalue weighted by molar-refractivity contribution is -0.135. The predicted octanol–water partition coefficient (Wildman–Crippen LogP) is 4.58. The van der Waals surface area contributed by atoms with Gasteiger partial charge in [-0.1, -0.05) is 36.8 Å². The first-order valence-corrected chi connectivity index (χ1v) is 13.4. The summed E-state index contributed by atoms with van der Waals surface area (Å²) in [4.78, 5) is 30.1. The van der Waals surface area contributed by atoms with Gasteiger partial charge in [-0.05, 0) is 68.0 Å².